The van der Waals surface area contributed by atoms with Gasteiger partial charge in [0.25, 0.3) is 0 Å². The molecule has 3 N–H and O–H groups in total. The number of nitrogens with one attached hydrogen (secondary N) is 1. The fourth-order valence-electron chi connectivity index (χ4n) is 3.61. The molecule has 1 saturated heterocycles. The van der Waals surface area contributed by atoms with Crippen LogP contribution in [0.15, 0.2) is 30.6 Å². The lowest BCUT2D eigenvalue weighted by molar-refractivity contribution is -0.141. The number of pyridine rings is 2. The van der Waals surface area contributed by atoms with Crippen LogP contribution in [0.4, 0.5) is 22.4 Å². The third kappa shape index (κ3) is 6.26. The number of ether oxygens (including phenoxy) is 1. The predicted octanol–water partition coefficient (Wildman–Crippen LogP) is 3.23. The molecule has 0 unspecified atom stereocenters. The van der Waals surface area contributed by atoms with Crippen LogP contribution >= 0.6 is 0 Å². The minimum atomic E-state index is -4.64. The van der Waals surface area contributed by atoms with Crippen molar-refractivity contribution in [1.82, 2.24) is 20.2 Å². The van der Waals surface area contributed by atoms with Gasteiger partial charge < -0.3 is 15.8 Å². The Morgan fingerprint density at radius 2 is 1.86 bits per heavy atom. The summed E-state index contributed by atoms with van der Waals surface area (Å²) < 4.78 is 58.4. The van der Waals surface area contributed by atoms with Gasteiger partial charge in [0.2, 0.25) is 11.8 Å². The largest absolute Gasteiger partial charge is 0.444 e. The number of alkyl halides is 4. The van der Waals surface area contributed by atoms with Crippen molar-refractivity contribution in [3.05, 3.63) is 47.4 Å². The van der Waals surface area contributed by atoms with Crippen molar-refractivity contribution in [2.75, 3.05) is 6.54 Å². The molecule has 36 heavy (non-hydrogen) atoms. The van der Waals surface area contributed by atoms with Gasteiger partial charge in [-0.05, 0) is 51.0 Å². The lowest BCUT2D eigenvalue weighted by Gasteiger charge is -2.28. The first-order chi connectivity index (χ1) is 16.7. The Kier molecular flexibility index (Phi) is 7.51. The summed E-state index contributed by atoms with van der Waals surface area (Å²) in [5.74, 6) is -1.63. The number of hydrogen-bond donors (Lipinski definition) is 2. The van der Waals surface area contributed by atoms with E-state index in [1.54, 1.807) is 20.8 Å². The minimum absolute atomic E-state index is 0.0116. The molecule has 2 atom stereocenters. The molecule has 9 nitrogen and oxygen atoms in total. The monoisotopic (exact) mass is 511 g/mol. The zero-order valence-electron chi connectivity index (χ0n) is 19.7. The van der Waals surface area contributed by atoms with Gasteiger partial charge in [0, 0.05) is 31.0 Å². The summed E-state index contributed by atoms with van der Waals surface area (Å²) in [6.45, 7) is 4.61. The fourth-order valence-corrected chi connectivity index (χ4v) is 3.61. The predicted molar refractivity (Wildman–Crippen MR) is 119 cm³/mol. The lowest BCUT2D eigenvalue weighted by Crippen LogP contribution is -2.50. The Hall–Kier alpha value is -3.77. The number of primary amides is 1. The van der Waals surface area contributed by atoms with E-state index in [-0.39, 0.29) is 41.9 Å². The third-order valence-corrected chi connectivity index (χ3v) is 5.25. The van der Waals surface area contributed by atoms with E-state index in [4.69, 9.17) is 10.5 Å². The van der Waals surface area contributed by atoms with Crippen LogP contribution in [-0.2, 0) is 22.3 Å². The summed E-state index contributed by atoms with van der Waals surface area (Å²) in [4.78, 5) is 45.5. The Labute approximate surface area is 204 Å². The number of rotatable bonds is 5. The van der Waals surface area contributed by atoms with Gasteiger partial charge in [-0.25, -0.2) is 9.18 Å². The van der Waals surface area contributed by atoms with Crippen LogP contribution in [0, 0.1) is 0 Å². The Bertz CT molecular complexity index is 1150. The molecule has 13 heteroatoms. The Morgan fingerprint density at radius 3 is 2.42 bits per heavy atom. The first-order valence-corrected chi connectivity index (χ1v) is 10.9. The summed E-state index contributed by atoms with van der Waals surface area (Å²) >= 11 is 0. The number of carbonyl (C=O) groups excluding carboxylic acids is 3. The Morgan fingerprint density at radius 1 is 1.17 bits per heavy atom. The van der Waals surface area contributed by atoms with E-state index in [9.17, 15) is 31.9 Å². The average molecular weight is 511 g/mol. The smallest absolute Gasteiger partial charge is 0.433 e. The first-order valence-electron chi connectivity index (χ1n) is 10.9. The second-order valence-corrected chi connectivity index (χ2v) is 9.17. The highest BCUT2D eigenvalue weighted by Crippen LogP contribution is 2.30. The molecule has 0 spiro atoms. The number of halogens is 4. The molecule has 0 saturated carbocycles. The number of hydrogen-bond acceptors (Lipinski definition) is 6. The SMILES string of the molecule is CC(C)(C)OC(=O)N1CC[C@H](F)[C@H]1C(=O)NCc1cc(C(N)=O)cnc1-c1ccc(C(F)(F)F)nc1. The quantitative estimate of drug-likeness (QED) is 0.594. The number of amides is 3. The van der Waals surface area contributed by atoms with E-state index in [1.165, 1.54) is 6.07 Å². The highest BCUT2D eigenvalue weighted by atomic mass is 19.4. The van der Waals surface area contributed by atoms with Gasteiger partial charge in [-0.1, -0.05) is 0 Å². The standard InChI is InChI=1S/C23H25F4N5O4/c1-22(2,3)36-21(35)32-7-6-15(24)18(32)20(34)31-10-13-8-14(19(28)33)11-30-17(13)12-4-5-16(29-9-12)23(25,26)27/h4-5,8-9,11,15,18H,6-7,10H2,1-3H3,(H2,28,33)(H,31,34)/t15-,18-/m0/s1. The molecule has 194 valence electrons. The van der Waals surface area contributed by atoms with Crippen molar-refractivity contribution in [3.8, 4) is 11.3 Å². The molecule has 2 aromatic rings. The number of nitrogens with zero attached hydrogens (tertiary/aromatic N) is 3. The van der Waals surface area contributed by atoms with Crippen LogP contribution in [0.1, 0.15) is 48.8 Å². The molecule has 3 heterocycles. The highest BCUT2D eigenvalue weighted by Gasteiger charge is 2.44. The van der Waals surface area contributed by atoms with E-state index < -0.39 is 47.6 Å². The molecule has 1 aliphatic heterocycles. The van der Waals surface area contributed by atoms with Crippen molar-refractivity contribution >= 4 is 17.9 Å². The van der Waals surface area contributed by atoms with E-state index in [2.05, 4.69) is 15.3 Å². The topological polar surface area (TPSA) is 128 Å². The van der Waals surface area contributed by atoms with Crippen molar-refractivity contribution in [2.45, 2.75) is 57.7 Å². The van der Waals surface area contributed by atoms with Gasteiger partial charge in [0.05, 0.1) is 11.3 Å². The first kappa shape index (κ1) is 26.8. The maximum atomic E-state index is 14.6. The van der Waals surface area contributed by atoms with Crippen LogP contribution in [0.3, 0.4) is 0 Å². The molecule has 1 fully saturated rings. The normalized spacial score (nSPS) is 18.1. The third-order valence-electron chi connectivity index (χ3n) is 5.25. The minimum Gasteiger partial charge on any atom is -0.444 e. The molecule has 0 aromatic carbocycles. The second kappa shape index (κ2) is 10.1. The van der Waals surface area contributed by atoms with Crippen molar-refractivity contribution in [1.29, 1.82) is 0 Å². The summed E-state index contributed by atoms with van der Waals surface area (Å²) in [5, 5.41) is 2.51. The molecule has 3 amide bonds. The molecular weight excluding hydrogens is 486 g/mol. The highest BCUT2D eigenvalue weighted by molar-refractivity contribution is 5.93. The molecule has 1 aliphatic rings. The van der Waals surface area contributed by atoms with Gasteiger partial charge >= 0.3 is 12.3 Å². The number of nitrogens with two attached hydrogens (primary N) is 1. The van der Waals surface area contributed by atoms with Crippen LogP contribution < -0.4 is 11.1 Å². The number of likely N-dealkylation sites (tertiary alicyclic amines) is 1. The van der Waals surface area contributed by atoms with Gasteiger partial charge in [-0.2, -0.15) is 13.2 Å². The molecule has 0 radical (unpaired) electrons. The van der Waals surface area contributed by atoms with Crippen molar-refractivity contribution in [3.63, 3.8) is 0 Å². The molecular formula is C23H25F4N5O4. The Balaban J connectivity index is 1.84. The van der Waals surface area contributed by atoms with E-state index in [1.807, 2.05) is 0 Å². The van der Waals surface area contributed by atoms with E-state index >= 15 is 0 Å². The zero-order valence-corrected chi connectivity index (χ0v) is 19.7. The van der Waals surface area contributed by atoms with Crippen LogP contribution in [-0.4, -0.2) is 57.1 Å². The summed E-state index contributed by atoms with van der Waals surface area (Å²) in [7, 11) is 0. The van der Waals surface area contributed by atoms with Gasteiger partial charge in [-0.15, -0.1) is 0 Å². The van der Waals surface area contributed by atoms with Gasteiger partial charge in [0.1, 0.15) is 23.5 Å². The molecule has 2 aromatic heterocycles. The molecule has 0 aliphatic carbocycles. The number of carbonyl (C=O) groups is 3. The molecule has 3 rings (SSSR count). The summed E-state index contributed by atoms with van der Waals surface area (Å²) in [6, 6.07) is 1.79. The summed E-state index contributed by atoms with van der Waals surface area (Å²) in [5.41, 5.74) is 3.88. The van der Waals surface area contributed by atoms with Gasteiger partial charge in [-0.3, -0.25) is 24.5 Å². The van der Waals surface area contributed by atoms with Crippen LogP contribution in [0.2, 0.25) is 0 Å². The van der Waals surface area contributed by atoms with Crippen molar-refractivity contribution in [2.24, 2.45) is 5.73 Å². The maximum absolute atomic E-state index is 14.6. The molecule has 0 bridgehead atoms. The lowest BCUT2D eigenvalue weighted by atomic mass is 10.0. The van der Waals surface area contributed by atoms with E-state index in [0.717, 1.165) is 29.4 Å². The fraction of sp³-hybridized carbons (Fsp3) is 0.435. The summed E-state index contributed by atoms with van der Waals surface area (Å²) in [6.07, 6.45) is -5.07. The zero-order chi connectivity index (χ0) is 26.8. The van der Waals surface area contributed by atoms with Crippen molar-refractivity contribution < 1.29 is 36.7 Å². The maximum Gasteiger partial charge on any atom is 0.433 e. The number of aromatic nitrogens is 2. The van der Waals surface area contributed by atoms with Gasteiger partial charge in [0.15, 0.2) is 0 Å². The van der Waals surface area contributed by atoms with E-state index in [0.29, 0.717) is 0 Å². The second-order valence-electron chi connectivity index (χ2n) is 9.17. The van der Waals surface area contributed by atoms with Crippen LogP contribution in [0.5, 0.6) is 0 Å². The average Bonchev–Trinajstić information content (AvgIpc) is 3.17. The van der Waals surface area contributed by atoms with Crippen LogP contribution in [0.25, 0.3) is 11.3 Å².